The summed E-state index contributed by atoms with van der Waals surface area (Å²) in [4.78, 5) is 6.46. The highest BCUT2D eigenvalue weighted by atomic mass is 19.4. The molecule has 0 amide bonds. The van der Waals surface area contributed by atoms with Crippen molar-refractivity contribution in [2.75, 3.05) is 26.2 Å². The Bertz CT molecular complexity index is 654. The van der Waals surface area contributed by atoms with Crippen LogP contribution in [0.4, 0.5) is 13.2 Å². The first-order chi connectivity index (χ1) is 11.9. The maximum atomic E-state index is 12.7. The van der Waals surface area contributed by atoms with Gasteiger partial charge in [0.2, 0.25) is 0 Å². The molecule has 2 rings (SSSR count). The number of halogens is 3. The Kier molecular flexibility index (Phi) is 6.71. The zero-order valence-electron chi connectivity index (χ0n) is 14.1. The number of likely N-dealkylation sites (tertiary alicyclic amines) is 1. The fourth-order valence-electron chi connectivity index (χ4n) is 2.53. The van der Waals surface area contributed by atoms with Crippen molar-refractivity contribution in [3.8, 4) is 11.8 Å². The Morgan fingerprint density at radius 1 is 1.36 bits per heavy atom. The van der Waals surface area contributed by atoms with Gasteiger partial charge in [0.15, 0.2) is 5.96 Å². The zero-order chi connectivity index (χ0) is 18.3. The molecule has 1 fully saturated rings. The molecule has 0 aliphatic carbocycles. The second kappa shape index (κ2) is 8.77. The van der Waals surface area contributed by atoms with Crippen LogP contribution in [0.1, 0.15) is 30.9 Å². The van der Waals surface area contributed by atoms with Gasteiger partial charge in [-0.2, -0.15) is 13.2 Å². The van der Waals surface area contributed by atoms with Crippen LogP contribution < -0.4 is 5.32 Å². The SMILES string of the molecule is CCNC(=NCC#Cc1cccc(C(F)(F)F)c1)N1CCC(O)CC1. The van der Waals surface area contributed by atoms with Gasteiger partial charge in [-0.15, -0.1) is 0 Å². The van der Waals surface area contributed by atoms with Crippen LogP contribution in [0.2, 0.25) is 0 Å². The lowest BCUT2D eigenvalue weighted by molar-refractivity contribution is -0.137. The number of aliphatic imine (C=N–C) groups is 1. The van der Waals surface area contributed by atoms with Gasteiger partial charge < -0.3 is 15.3 Å². The predicted molar refractivity (Wildman–Crippen MR) is 91.1 cm³/mol. The smallest absolute Gasteiger partial charge is 0.393 e. The van der Waals surface area contributed by atoms with Crippen LogP contribution in [0.15, 0.2) is 29.3 Å². The molecule has 0 spiro atoms. The van der Waals surface area contributed by atoms with E-state index in [1.54, 1.807) is 6.07 Å². The lowest BCUT2D eigenvalue weighted by Crippen LogP contribution is -2.46. The van der Waals surface area contributed by atoms with Crippen molar-refractivity contribution in [3.05, 3.63) is 35.4 Å². The van der Waals surface area contributed by atoms with E-state index >= 15 is 0 Å². The summed E-state index contributed by atoms with van der Waals surface area (Å²) in [7, 11) is 0. The summed E-state index contributed by atoms with van der Waals surface area (Å²) in [5, 5.41) is 12.7. The summed E-state index contributed by atoms with van der Waals surface area (Å²) in [6, 6.07) is 4.95. The molecule has 4 nitrogen and oxygen atoms in total. The van der Waals surface area contributed by atoms with Gasteiger partial charge in [0.1, 0.15) is 6.54 Å². The average molecular weight is 353 g/mol. The fourth-order valence-corrected chi connectivity index (χ4v) is 2.53. The van der Waals surface area contributed by atoms with Crippen LogP contribution in [0.3, 0.4) is 0 Å². The van der Waals surface area contributed by atoms with Crippen LogP contribution in [-0.4, -0.2) is 48.2 Å². The molecule has 0 aromatic heterocycles. The van der Waals surface area contributed by atoms with Crippen molar-refractivity contribution in [3.63, 3.8) is 0 Å². The molecule has 1 aromatic carbocycles. The van der Waals surface area contributed by atoms with Gasteiger partial charge in [-0.1, -0.05) is 17.9 Å². The van der Waals surface area contributed by atoms with Crippen molar-refractivity contribution in [2.45, 2.75) is 32.0 Å². The van der Waals surface area contributed by atoms with E-state index in [0.717, 1.165) is 12.1 Å². The number of nitrogens with zero attached hydrogens (tertiary/aromatic N) is 2. The Morgan fingerprint density at radius 2 is 2.08 bits per heavy atom. The monoisotopic (exact) mass is 353 g/mol. The van der Waals surface area contributed by atoms with E-state index < -0.39 is 11.7 Å². The number of guanidine groups is 1. The zero-order valence-corrected chi connectivity index (χ0v) is 14.1. The molecule has 0 bridgehead atoms. The van der Waals surface area contributed by atoms with Gasteiger partial charge >= 0.3 is 6.18 Å². The first kappa shape index (κ1) is 19.1. The minimum Gasteiger partial charge on any atom is -0.393 e. The molecule has 1 aromatic rings. The van der Waals surface area contributed by atoms with E-state index in [-0.39, 0.29) is 12.6 Å². The molecule has 1 aliphatic heterocycles. The quantitative estimate of drug-likeness (QED) is 0.488. The molecular formula is C18H22F3N3O. The molecule has 7 heteroatoms. The number of benzene rings is 1. The molecule has 1 aliphatic rings. The standard InChI is InChI=1S/C18H22F3N3O/c1-2-22-17(24-11-8-16(25)9-12-24)23-10-4-6-14-5-3-7-15(13-14)18(19,20)21/h3,5,7,13,16,25H,2,8-12H2,1H3,(H,22,23). The summed E-state index contributed by atoms with van der Waals surface area (Å²) in [5.41, 5.74) is -0.390. The second-order valence-electron chi connectivity index (χ2n) is 5.77. The van der Waals surface area contributed by atoms with E-state index in [0.29, 0.717) is 44.0 Å². The molecule has 136 valence electrons. The average Bonchev–Trinajstić information content (AvgIpc) is 2.58. The van der Waals surface area contributed by atoms with E-state index in [4.69, 9.17) is 0 Å². The topological polar surface area (TPSA) is 47.9 Å². The highest BCUT2D eigenvalue weighted by molar-refractivity contribution is 5.80. The van der Waals surface area contributed by atoms with E-state index in [1.807, 2.05) is 6.92 Å². The van der Waals surface area contributed by atoms with E-state index in [9.17, 15) is 18.3 Å². The van der Waals surface area contributed by atoms with Crippen LogP contribution in [-0.2, 0) is 6.18 Å². The Balaban J connectivity index is 2.02. The second-order valence-corrected chi connectivity index (χ2v) is 5.77. The third-order valence-corrected chi connectivity index (χ3v) is 3.83. The lowest BCUT2D eigenvalue weighted by Gasteiger charge is -2.32. The van der Waals surface area contributed by atoms with Gasteiger partial charge in [-0.3, -0.25) is 0 Å². The van der Waals surface area contributed by atoms with Crippen LogP contribution >= 0.6 is 0 Å². The number of aliphatic hydroxyl groups is 1. The lowest BCUT2D eigenvalue weighted by atomic mass is 10.1. The molecule has 0 atom stereocenters. The minimum absolute atomic E-state index is 0.192. The van der Waals surface area contributed by atoms with E-state index in [1.165, 1.54) is 6.07 Å². The fraction of sp³-hybridized carbons (Fsp3) is 0.500. The van der Waals surface area contributed by atoms with Gasteiger partial charge in [0.25, 0.3) is 0 Å². The molecule has 0 unspecified atom stereocenters. The molecule has 2 N–H and O–H groups in total. The number of aliphatic hydroxyl groups excluding tert-OH is 1. The molecular weight excluding hydrogens is 331 g/mol. The van der Waals surface area contributed by atoms with Crippen molar-refractivity contribution < 1.29 is 18.3 Å². The van der Waals surface area contributed by atoms with Gasteiger partial charge in [0.05, 0.1) is 11.7 Å². The van der Waals surface area contributed by atoms with Crippen molar-refractivity contribution in [1.29, 1.82) is 0 Å². The summed E-state index contributed by atoms with van der Waals surface area (Å²) in [6.07, 6.45) is -3.24. The molecule has 0 saturated carbocycles. The largest absolute Gasteiger partial charge is 0.416 e. The first-order valence-electron chi connectivity index (χ1n) is 8.27. The minimum atomic E-state index is -4.37. The third kappa shape index (κ3) is 5.98. The van der Waals surface area contributed by atoms with Gasteiger partial charge in [-0.25, -0.2) is 4.99 Å². The number of nitrogens with one attached hydrogen (secondary N) is 1. The number of piperidine rings is 1. The third-order valence-electron chi connectivity index (χ3n) is 3.83. The normalized spacial score (nSPS) is 16.4. The highest BCUT2D eigenvalue weighted by Crippen LogP contribution is 2.29. The molecule has 1 heterocycles. The van der Waals surface area contributed by atoms with Crippen LogP contribution in [0.25, 0.3) is 0 Å². The number of hydrogen-bond acceptors (Lipinski definition) is 2. The molecule has 1 saturated heterocycles. The van der Waals surface area contributed by atoms with Crippen molar-refractivity contribution in [1.82, 2.24) is 10.2 Å². The maximum Gasteiger partial charge on any atom is 0.416 e. The Morgan fingerprint density at radius 3 is 2.72 bits per heavy atom. The van der Waals surface area contributed by atoms with Gasteiger partial charge in [0, 0.05) is 25.2 Å². The summed E-state index contributed by atoms with van der Waals surface area (Å²) < 4.78 is 38.0. The predicted octanol–water partition coefficient (Wildman–Crippen LogP) is 2.48. The summed E-state index contributed by atoms with van der Waals surface area (Å²) in [5.74, 6) is 6.23. The number of rotatable bonds is 2. The van der Waals surface area contributed by atoms with Crippen LogP contribution in [0.5, 0.6) is 0 Å². The summed E-state index contributed by atoms with van der Waals surface area (Å²) in [6.45, 7) is 4.29. The van der Waals surface area contributed by atoms with E-state index in [2.05, 4.69) is 27.0 Å². The van der Waals surface area contributed by atoms with Crippen molar-refractivity contribution in [2.24, 2.45) is 4.99 Å². The molecule has 0 radical (unpaired) electrons. The van der Waals surface area contributed by atoms with Gasteiger partial charge in [-0.05, 0) is 38.0 Å². The van der Waals surface area contributed by atoms with Crippen molar-refractivity contribution >= 4 is 5.96 Å². The van der Waals surface area contributed by atoms with Crippen LogP contribution in [0, 0.1) is 11.8 Å². The first-order valence-corrected chi connectivity index (χ1v) is 8.27. The number of alkyl halides is 3. The molecule has 25 heavy (non-hydrogen) atoms. The maximum absolute atomic E-state index is 12.7. The highest BCUT2D eigenvalue weighted by Gasteiger charge is 2.30. The Hall–Kier alpha value is -2.20. The number of hydrogen-bond donors (Lipinski definition) is 2. The Labute approximate surface area is 145 Å². The summed E-state index contributed by atoms with van der Waals surface area (Å²) >= 11 is 0.